The number of benzene rings is 3. The van der Waals surface area contributed by atoms with Crippen molar-refractivity contribution in [3.05, 3.63) is 55.5 Å². The molecule has 2 aromatic heterocycles. The molecule has 0 aliphatic heterocycles. The summed E-state index contributed by atoms with van der Waals surface area (Å²) in [5, 5.41) is 0. The zero-order valence-electron chi connectivity index (χ0n) is 60.1. The quantitative estimate of drug-likeness (QED) is 0.0288. The van der Waals surface area contributed by atoms with Crippen LogP contribution in [0.4, 0.5) is 0 Å². The number of unbranched alkanes of at least 4 members (excludes halogenated alkanes) is 52. The van der Waals surface area contributed by atoms with Gasteiger partial charge < -0.3 is 0 Å². The summed E-state index contributed by atoms with van der Waals surface area (Å²) in [5.74, 6) is 0. The second-order valence-electron chi connectivity index (χ2n) is 30.0. The molecule has 0 saturated carbocycles. The Morgan fingerprint density at radius 3 is 0.630 bits per heavy atom. The fourth-order valence-corrected chi connectivity index (χ4v) is 20.9. The van der Waals surface area contributed by atoms with Gasteiger partial charge in [-0.15, -0.1) is 0 Å². The molecule has 4 nitrogen and oxygen atoms in total. The summed E-state index contributed by atoms with van der Waals surface area (Å²) in [5.41, 5.74) is 16.8. The van der Waals surface area contributed by atoms with E-state index in [9.17, 15) is 0 Å². The van der Waals surface area contributed by atoms with E-state index in [1.54, 1.807) is 22.3 Å². The van der Waals surface area contributed by atoms with Crippen LogP contribution in [0.25, 0.3) is 44.3 Å². The maximum atomic E-state index is 5.44. The number of aromatic nitrogens is 4. The first kappa shape index (κ1) is 78.2. The Morgan fingerprint density at radius 1 is 0.239 bits per heavy atom. The first-order valence-electron chi connectivity index (χ1n) is 40.6. The van der Waals surface area contributed by atoms with Crippen molar-refractivity contribution in [1.29, 1.82) is 0 Å². The van der Waals surface area contributed by atoms with E-state index in [0.29, 0.717) is 0 Å². The fourth-order valence-electron chi connectivity index (χ4n) is 17.0. The monoisotopic (exact) mass is 1520 g/mol. The average molecular weight is 1520 g/mol. The van der Waals surface area contributed by atoms with Crippen LogP contribution in [-0.4, -0.2) is 45.8 Å². The van der Waals surface area contributed by atoms with Crippen LogP contribution in [0.1, 0.15) is 435 Å². The first-order chi connectivity index (χ1) is 45.5. The maximum absolute atomic E-state index is 5.44. The minimum atomic E-state index is -0.118. The number of halogens is 2. The minimum absolute atomic E-state index is 0.0602. The molecular weight excluding hydrogens is 1380 g/mol. The summed E-state index contributed by atoms with van der Waals surface area (Å²) >= 11 is 8.17. The Morgan fingerprint density at radius 2 is 0.424 bits per heavy atom. The molecule has 2 aliphatic rings. The standard InChI is InChI=1S/C84H136Br2N4Se2/c1-5-9-13-17-21-25-29-33-37-41-45-49-53-57-61-83(62-58-54-50-46-42-38-34-30-26-22-18-14-10-6-2)71-65-70-72(66-69(71)77-73(83)67-75(85)79-81(77)89-91-87-79)84(74-68-76(86)80-82(78(70)74)90-92-88-80,63-59-55-51-47-43-39-35-31-27-23-19-15-11-7-3)64-60-56-52-48-44-40-36-32-28-24-20-16-12-8-4/h65-68H,5-64H2,1-4H3. The molecule has 0 amide bonds. The zero-order chi connectivity index (χ0) is 64.6. The molecule has 0 atom stereocenters. The van der Waals surface area contributed by atoms with Crippen molar-refractivity contribution < 1.29 is 0 Å². The molecule has 2 heterocycles. The molecule has 0 bridgehead atoms. The van der Waals surface area contributed by atoms with Gasteiger partial charge in [0.25, 0.3) is 0 Å². The van der Waals surface area contributed by atoms with E-state index in [0.717, 1.165) is 11.0 Å². The third kappa shape index (κ3) is 24.6. The molecule has 0 unspecified atom stereocenters. The van der Waals surface area contributed by atoms with Gasteiger partial charge in [0, 0.05) is 0 Å². The Labute approximate surface area is 596 Å². The number of fused-ring (bicyclic) bond motifs is 10. The van der Waals surface area contributed by atoms with Gasteiger partial charge in [-0.3, -0.25) is 0 Å². The molecule has 0 fully saturated rings. The van der Waals surface area contributed by atoms with Gasteiger partial charge in [0.1, 0.15) is 0 Å². The van der Waals surface area contributed by atoms with Crippen molar-refractivity contribution in [2.24, 2.45) is 0 Å². The van der Waals surface area contributed by atoms with Crippen molar-refractivity contribution in [2.45, 2.75) is 424 Å². The van der Waals surface area contributed by atoms with E-state index in [1.807, 2.05) is 0 Å². The Bertz CT molecular complexity index is 2480. The van der Waals surface area contributed by atoms with Gasteiger partial charge in [-0.25, -0.2) is 0 Å². The summed E-state index contributed by atoms with van der Waals surface area (Å²) in [7, 11) is 0. The number of hydrogen-bond donors (Lipinski definition) is 0. The molecule has 2 aliphatic carbocycles. The molecular formula is C84H136Br2N4Se2. The van der Waals surface area contributed by atoms with Gasteiger partial charge in [-0.1, -0.05) is 233 Å². The van der Waals surface area contributed by atoms with Gasteiger partial charge in [0.05, 0.1) is 0 Å². The van der Waals surface area contributed by atoms with Gasteiger partial charge in [0.15, 0.2) is 0 Å². The molecule has 0 spiro atoms. The molecule has 0 saturated heterocycles. The van der Waals surface area contributed by atoms with E-state index < -0.39 is 0 Å². The molecule has 0 radical (unpaired) electrons. The van der Waals surface area contributed by atoms with Crippen LogP contribution in [0, 0.1) is 0 Å². The predicted molar refractivity (Wildman–Crippen MR) is 414 cm³/mol. The van der Waals surface area contributed by atoms with Gasteiger partial charge in [0.2, 0.25) is 0 Å². The van der Waals surface area contributed by atoms with Gasteiger partial charge >= 0.3 is 368 Å². The van der Waals surface area contributed by atoms with E-state index in [4.69, 9.17) is 15.9 Å². The fraction of sp³-hybridized carbons (Fsp3) is 0.786. The predicted octanol–water partition coefficient (Wildman–Crippen LogP) is 29.2. The Hall–Kier alpha value is -1.14. The number of hydrogen-bond acceptors (Lipinski definition) is 4. The van der Waals surface area contributed by atoms with E-state index in [2.05, 4.69) is 83.8 Å². The molecule has 92 heavy (non-hydrogen) atoms. The van der Waals surface area contributed by atoms with Crippen molar-refractivity contribution in [3.63, 3.8) is 0 Å². The molecule has 5 aromatic rings. The third-order valence-corrected chi connectivity index (χ3v) is 26.0. The molecule has 0 N–H and O–H groups in total. The van der Waals surface area contributed by atoms with Crippen LogP contribution >= 0.6 is 31.9 Å². The van der Waals surface area contributed by atoms with Gasteiger partial charge in [-0.2, -0.15) is 0 Å². The third-order valence-electron chi connectivity index (χ3n) is 22.6. The zero-order valence-corrected chi connectivity index (χ0v) is 66.7. The Balaban J connectivity index is 1.14. The summed E-state index contributed by atoms with van der Waals surface area (Å²) in [4.78, 5) is 0. The van der Waals surface area contributed by atoms with Crippen LogP contribution in [0.3, 0.4) is 0 Å². The molecule has 7 rings (SSSR count). The van der Waals surface area contributed by atoms with E-state index in [-0.39, 0.29) is 40.8 Å². The van der Waals surface area contributed by atoms with Crippen LogP contribution in [-0.2, 0) is 10.8 Å². The number of rotatable bonds is 60. The van der Waals surface area contributed by atoms with Crippen molar-refractivity contribution in [3.8, 4) is 22.3 Å². The molecule has 8 heteroatoms. The van der Waals surface area contributed by atoms with Crippen molar-refractivity contribution >= 4 is 83.9 Å². The normalized spacial score (nSPS) is 13.7. The second kappa shape index (κ2) is 47.0. The topological polar surface area (TPSA) is 51.6 Å². The molecule has 518 valence electrons. The first-order valence-corrected chi connectivity index (χ1v) is 45.2. The van der Waals surface area contributed by atoms with Crippen molar-refractivity contribution in [1.82, 2.24) is 15.9 Å². The van der Waals surface area contributed by atoms with Crippen LogP contribution < -0.4 is 0 Å². The van der Waals surface area contributed by atoms with Crippen LogP contribution in [0.2, 0.25) is 0 Å². The average Bonchev–Trinajstić information content (AvgIpc) is 1.52. The summed E-state index contributed by atoms with van der Waals surface area (Å²) in [6, 6.07) is 10.8. The summed E-state index contributed by atoms with van der Waals surface area (Å²) in [6.07, 6.45) is 83.1. The van der Waals surface area contributed by atoms with Gasteiger partial charge in [-0.05, 0) is 0 Å². The summed E-state index contributed by atoms with van der Waals surface area (Å²) in [6.45, 7) is 9.32. The SMILES string of the molecule is CCCCCCCCCCCCCCCCC1(CCCCCCCCCCCCCCCC)c2cc3c(cc2-c2c1cc(Br)c1n[se]nc21)C(CCCCCCCCCCCCCCCC)(CCCCCCCCCCCCCCCC)c1cc(Br)c2n[se]nc2c1-3. The van der Waals surface area contributed by atoms with Crippen LogP contribution in [0.5, 0.6) is 0 Å². The van der Waals surface area contributed by atoms with Crippen LogP contribution in [0.15, 0.2) is 33.2 Å². The second-order valence-corrected chi connectivity index (χ2v) is 33.9. The van der Waals surface area contributed by atoms with E-state index in [1.165, 1.54) is 427 Å². The Kier molecular flexibility index (Phi) is 40.0. The van der Waals surface area contributed by atoms with Crippen molar-refractivity contribution in [2.75, 3.05) is 0 Å². The number of nitrogens with zero attached hydrogens (tertiary/aromatic N) is 4. The van der Waals surface area contributed by atoms with E-state index >= 15 is 0 Å². The summed E-state index contributed by atoms with van der Waals surface area (Å²) < 4.78 is 23.6. The molecule has 3 aromatic carbocycles.